The Labute approximate surface area is 175 Å². The van der Waals surface area contributed by atoms with Crippen molar-refractivity contribution < 1.29 is 23.4 Å². The molecule has 1 saturated heterocycles. The van der Waals surface area contributed by atoms with E-state index in [1.807, 2.05) is 12.1 Å². The molecule has 1 aliphatic carbocycles. The molecule has 2 fully saturated rings. The van der Waals surface area contributed by atoms with Crippen LogP contribution in [-0.4, -0.2) is 40.3 Å². The van der Waals surface area contributed by atoms with Crippen molar-refractivity contribution in [3.05, 3.63) is 65.2 Å². The predicted molar refractivity (Wildman–Crippen MR) is 109 cm³/mol. The first kappa shape index (κ1) is 21.2. The molecular formula is C24H28F3NO2. The third kappa shape index (κ3) is 4.65. The molecule has 3 nitrogen and oxygen atoms in total. The van der Waals surface area contributed by atoms with Crippen LogP contribution in [0, 0.1) is 11.8 Å². The molecule has 0 aromatic heterocycles. The molecule has 2 aliphatic rings. The largest absolute Gasteiger partial charge is 0.508 e. The van der Waals surface area contributed by atoms with Gasteiger partial charge in [-0.15, -0.1) is 0 Å². The van der Waals surface area contributed by atoms with Gasteiger partial charge in [-0.3, -0.25) is 0 Å². The number of aliphatic hydroxyl groups is 1. The van der Waals surface area contributed by atoms with E-state index in [1.54, 1.807) is 12.1 Å². The predicted octanol–water partition coefficient (Wildman–Crippen LogP) is 4.83. The van der Waals surface area contributed by atoms with Gasteiger partial charge < -0.3 is 15.1 Å². The molecule has 1 heterocycles. The maximum absolute atomic E-state index is 12.7. The summed E-state index contributed by atoms with van der Waals surface area (Å²) in [5.41, 5.74) is 0.468. The van der Waals surface area contributed by atoms with E-state index in [2.05, 4.69) is 11.8 Å². The standard InChI is InChI=1S/C24H28F3NO2/c1-16(18-4-8-22(29)9-5-18)13-28-14-19-11-23(30,12-20(19)15-28)10-17-2-6-21(7-3-17)24(25,26)27/h2-9,16,19-20,29-30H,10-15H2,1H3/t16?,19-,20+,23?. The Morgan fingerprint density at radius 2 is 1.57 bits per heavy atom. The fourth-order valence-corrected chi connectivity index (χ4v) is 5.34. The van der Waals surface area contributed by atoms with E-state index in [0.29, 0.717) is 37.0 Å². The van der Waals surface area contributed by atoms with Gasteiger partial charge in [0, 0.05) is 26.1 Å². The van der Waals surface area contributed by atoms with Crippen LogP contribution in [0.5, 0.6) is 5.75 Å². The summed E-state index contributed by atoms with van der Waals surface area (Å²) < 4.78 is 38.2. The molecule has 2 aromatic rings. The molecule has 162 valence electrons. The van der Waals surface area contributed by atoms with Gasteiger partial charge in [0.05, 0.1) is 11.2 Å². The lowest BCUT2D eigenvalue weighted by Gasteiger charge is -2.27. The van der Waals surface area contributed by atoms with E-state index in [0.717, 1.165) is 37.3 Å². The number of rotatable bonds is 5. The normalized spacial score (nSPS) is 27.9. The van der Waals surface area contributed by atoms with Crippen molar-refractivity contribution in [3.8, 4) is 5.75 Å². The maximum atomic E-state index is 12.7. The van der Waals surface area contributed by atoms with Crippen molar-refractivity contribution >= 4 is 0 Å². The zero-order valence-corrected chi connectivity index (χ0v) is 17.1. The molecule has 4 rings (SSSR count). The number of nitrogens with zero attached hydrogens (tertiary/aromatic N) is 1. The third-order valence-electron chi connectivity index (χ3n) is 6.75. The van der Waals surface area contributed by atoms with Gasteiger partial charge in [-0.25, -0.2) is 0 Å². The van der Waals surface area contributed by atoms with E-state index in [1.165, 1.54) is 17.7 Å². The average Bonchev–Trinajstić information content (AvgIpc) is 3.15. The molecule has 0 spiro atoms. The lowest BCUT2D eigenvalue weighted by Crippen LogP contribution is -2.33. The van der Waals surface area contributed by atoms with Crippen LogP contribution < -0.4 is 0 Å². The zero-order valence-electron chi connectivity index (χ0n) is 17.1. The summed E-state index contributed by atoms with van der Waals surface area (Å²) in [4.78, 5) is 2.45. The molecule has 1 aliphatic heterocycles. The molecule has 2 unspecified atom stereocenters. The fraction of sp³-hybridized carbons (Fsp3) is 0.500. The van der Waals surface area contributed by atoms with Crippen LogP contribution in [0.1, 0.15) is 42.4 Å². The van der Waals surface area contributed by atoms with Crippen LogP contribution in [-0.2, 0) is 12.6 Å². The Morgan fingerprint density at radius 3 is 2.10 bits per heavy atom. The van der Waals surface area contributed by atoms with Crippen molar-refractivity contribution in [3.63, 3.8) is 0 Å². The number of halogens is 3. The van der Waals surface area contributed by atoms with Gasteiger partial charge in [0.2, 0.25) is 0 Å². The number of phenols is 1. The molecule has 0 bridgehead atoms. The highest BCUT2D eigenvalue weighted by Gasteiger charge is 2.48. The summed E-state index contributed by atoms with van der Waals surface area (Å²) >= 11 is 0. The quantitative estimate of drug-likeness (QED) is 0.730. The highest BCUT2D eigenvalue weighted by Crippen LogP contribution is 2.45. The summed E-state index contributed by atoms with van der Waals surface area (Å²) in [6, 6.07) is 12.5. The molecule has 1 saturated carbocycles. The van der Waals surface area contributed by atoms with Crippen molar-refractivity contribution in [2.24, 2.45) is 11.8 Å². The molecule has 0 amide bonds. The van der Waals surface area contributed by atoms with E-state index in [9.17, 15) is 23.4 Å². The Balaban J connectivity index is 1.32. The molecule has 4 atom stereocenters. The van der Waals surface area contributed by atoms with Crippen LogP contribution in [0.3, 0.4) is 0 Å². The minimum absolute atomic E-state index is 0.272. The van der Waals surface area contributed by atoms with Gasteiger partial charge in [0.15, 0.2) is 0 Å². The topological polar surface area (TPSA) is 43.7 Å². The summed E-state index contributed by atoms with van der Waals surface area (Å²) in [5.74, 6) is 1.48. The van der Waals surface area contributed by atoms with E-state index in [-0.39, 0.29) is 5.75 Å². The Kier molecular flexibility index (Phi) is 5.58. The smallest absolute Gasteiger partial charge is 0.416 e. The molecule has 2 aromatic carbocycles. The first-order valence-corrected chi connectivity index (χ1v) is 10.5. The first-order valence-electron chi connectivity index (χ1n) is 10.5. The maximum Gasteiger partial charge on any atom is 0.416 e. The van der Waals surface area contributed by atoms with Crippen molar-refractivity contribution in [2.45, 2.75) is 43.9 Å². The van der Waals surface area contributed by atoms with Gasteiger partial charge >= 0.3 is 6.18 Å². The first-order chi connectivity index (χ1) is 14.1. The Hall–Kier alpha value is -2.05. The Morgan fingerprint density at radius 1 is 1.00 bits per heavy atom. The van der Waals surface area contributed by atoms with Gasteiger partial charge in [-0.05, 0) is 66.0 Å². The number of phenolic OH excluding ortho intramolecular Hbond substituents is 1. The highest BCUT2D eigenvalue weighted by molar-refractivity contribution is 5.28. The van der Waals surface area contributed by atoms with Gasteiger partial charge in [0.25, 0.3) is 0 Å². The number of fused-ring (bicyclic) bond motifs is 1. The second kappa shape index (κ2) is 7.89. The van der Waals surface area contributed by atoms with Gasteiger partial charge in [-0.1, -0.05) is 31.2 Å². The van der Waals surface area contributed by atoms with Crippen LogP contribution >= 0.6 is 0 Å². The summed E-state index contributed by atoms with van der Waals surface area (Å²) in [6.07, 6.45) is -2.53. The monoisotopic (exact) mass is 419 g/mol. The number of likely N-dealkylation sites (tertiary alicyclic amines) is 1. The summed E-state index contributed by atoms with van der Waals surface area (Å²) in [6.45, 7) is 5.02. The zero-order chi connectivity index (χ0) is 21.5. The Bertz CT molecular complexity index is 850. The number of aromatic hydroxyl groups is 1. The SMILES string of the molecule is CC(CN1C[C@@H]2CC(O)(Cc3ccc(C(F)(F)F)cc3)C[C@@H]2C1)c1ccc(O)cc1. The average molecular weight is 419 g/mol. The second-order valence-electron chi connectivity index (χ2n) is 9.24. The third-order valence-corrected chi connectivity index (χ3v) is 6.75. The summed E-state index contributed by atoms with van der Waals surface area (Å²) in [7, 11) is 0. The van der Waals surface area contributed by atoms with Crippen molar-refractivity contribution in [2.75, 3.05) is 19.6 Å². The van der Waals surface area contributed by atoms with Gasteiger partial charge in [-0.2, -0.15) is 13.2 Å². The lowest BCUT2D eigenvalue weighted by atomic mass is 9.91. The number of hydrogen-bond acceptors (Lipinski definition) is 3. The van der Waals surface area contributed by atoms with E-state index >= 15 is 0 Å². The van der Waals surface area contributed by atoms with Crippen molar-refractivity contribution in [1.29, 1.82) is 0 Å². The molecule has 0 radical (unpaired) electrons. The number of alkyl halides is 3. The molecule has 6 heteroatoms. The second-order valence-corrected chi connectivity index (χ2v) is 9.24. The summed E-state index contributed by atoms with van der Waals surface area (Å²) in [5, 5.41) is 20.5. The molecule has 30 heavy (non-hydrogen) atoms. The van der Waals surface area contributed by atoms with Crippen molar-refractivity contribution in [1.82, 2.24) is 4.90 Å². The minimum Gasteiger partial charge on any atom is -0.508 e. The van der Waals surface area contributed by atoms with Crippen LogP contribution in [0.25, 0.3) is 0 Å². The minimum atomic E-state index is -4.33. The van der Waals surface area contributed by atoms with Crippen LogP contribution in [0.2, 0.25) is 0 Å². The lowest BCUT2D eigenvalue weighted by molar-refractivity contribution is -0.137. The fourth-order valence-electron chi connectivity index (χ4n) is 5.34. The number of hydrogen-bond donors (Lipinski definition) is 2. The van der Waals surface area contributed by atoms with Crippen LogP contribution in [0.4, 0.5) is 13.2 Å². The van der Waals surface area contributed by atoms with E-state index in [4.69, 9.17) is 0 Å². The number of benzene rings is 2. The van der Waals surface area contributed by atoms with E-state index < -0.39 is 17.3 Å². The van der Waals surface area contributed by atoms with Crippen LogP contribution in [0.15, 0.2) is 48.5 Å². The highest BCUT2D eigenvalue weighted by atomic mass is 19.4. The van der Waals surface area contributed by atoms with Gasteiger partial charge in [0.1, 0.15) is 5.75 Å². The molecular weight excluding hydrogens is 391 g/mol. The molecule has 2 N–H and O–H groups in total.